The Bertz CT molecular complexity index is 1640. The highest BCUT2D eigenvalue weighted by Gasteiger charge is 2.50. The summed E-state index contributed by atoms with van der Waals surface area (Å²) in [4.78, 5) is 16.9. The molecule has 0 spiro atoms. The Balaban J connectivity index is 1.44. The number of nitrogens with two attached hydrogens (primary N) is 1. The van der Waals surface area contributed by atoms with Crippen LogP contribution in [0.25, 0.3) is 22.2 Å². The molecule has 14 heteroatoms. The van der Waals surface area contributed by atoms with E-state index in [1.807, 2.05) is 11.9 Å². The fourth-order valence-electron chi connectivity index (χ4n) is 7.39. The number of aryl methyl sites for hydroxylation is 1. The molecule has 3 aliphatic heterocycles. The van der Waals surface area contributed by atoms with Gasteiger partial charge in [-0.15, -0.1) is 0 Å². The SMILES string of the molecule is Cc1cc(N)nc(-c2c(Cl)c3c4c(nc(OC[C@@]56CCCN5C[C@H](F)C6)nc4c2F)N(C)C2CCC2CO3)c1C(F)(F)F. The molecule has 43 heavy (non-hydrogen) atoms. The quantitative estimate of drug-likeness (QED) is 0.356. The molecule has 0 amide bonds. The van der Waals surface area contributed by atoms with Crippen LogP contribution >= 0.6 is 11.6 Å². The average Bonchev–Trinajstić information content (AvgIpc) is 3.42. The number of nitrogens with zero attached hydrogens (tertiary/aromatic N) is 5. The minimum absolute atomic E-state index is 0.0292. The molecule has 2 aromatic heterocycles. The normalized spacial score (nSPS) is 26.9. The Labute approximate surface area is 249 Å². The van der Waals surface area contributed by atoms with Crippen molar-refractivity contribution in [3.05, 3.63) is 28.0 Å². The molecule has 0 radical (unpaired) electrons. The lowest BCUT2D eigenvalue weighted by Gasteiger charge is -2.44. The van der Waals surface area contributed by atoms with Gasteiger partial charge in [0.15, 0.2) is 11.6 Å². The lowest BCUT2D eigenvalue weighted by Crippen LogP contribution is -2.49. The number of pyridine rings is 1. The summed E-state index contributed by atoms with van der Waals surface area (Å²) in [6, 6.07) is 0.950. The van der Waals surface area contributed by atoms with Gasteiger partial charge in [-0.05, 0) is 50.8 Å². The number of rotatable bonds is 4. The van der Waals surface area contributed by atoms with Crippen LogP contribution in [0.2, 0.25) is 5.02 Å². The number of anilines is 2. The number of halogens is 6. The average molecular weight is 625 g/mol. The van der Waals surface area contributed by atoms with Gasteiger partial charge in [-0.3, -0.25) is 4.90 Å². The standard InChI is InChI=1S/C29H30ClF5N6O2/c1-13-8-17(36)37-23(20(13)29(33,34)35)18-21(30)25-19-24(22(18)32)38-27(39-26(19)40(2)16-5-4-14(16)11-42-25)43-12-28-6-3-7-41(28)10-15(31)9-28/h8,14-16H,3-7,9-12H2,1-2H3,(H2,36,37)/t14?,15-,16?,28+/m1/s1. The highest BCUT2D eigenvalue weighted by Crippen LogP contribution is 2.51. The predicted molar refractivity (Wildman–Crippen MR) is 151 cm³/mol. The van der Waals surface area contributed by atoms with Crippen LogP contribution in [0, 0.1) is 18.7 Å². The van der Waals surface area contributed by atoms with Crippen LogP contribution in [0.3, 0.4) is 0 Å². The van der Waals surface area contributed by atoms with Crippen molar-refractivity contribution in [1.29, 1.82) is 0 Å². The molecule has 8 nitrogen and oxygen atoms in total. The Morgan fingerprint density at radius 1 is 1.23 bits per heavy atom. The first kappa shape index (κ1) is 28.6. The first-order chi connectivity index (χ1) is 20.4. The maximum Gasteiger partial charge on any atom is 0.418 e. The number of benzene rings is 1. The minimum Gasteiger partial charge on any atom is -0.491 e. The highest BCUT2D eigenvalue weighted by molar-refractivity contribution is 6.36. The third kappa shape index (κ3) is 4.44. The van der Waals surface area contributed by atoms with Crippen molar-refractivity contribution in [2.45, 2.75) is 63.0 Å². The van der Waals surface area contributed by atoms with E-state index in [1.165, 1.54) is 6.92 Å². The second-order valence-electron chi connectivity index (χ2n) is 12.2. The van der Waals surface area contributed by atoms with Crippen LogP contribution in [0.1, 0.15) is 43.2 Å². The van der Waals surface area contributed by atoms with Gasteiger partial charge in [0.2, 0.25) is 0 Å². The number of fused-ring (bicyclic) bond motifs is 2. The molecule has 4 aliphatic rings. The van der Waals surface area contributed by atoms with Crippen molar-refractivity contribution in [2.75, 3.05) is 44.0 Å². The molecule has 230 valence electrons. The van der Waals surface area contributed by atoms with E-state index in [0.29, 0.717) is 18.8 Å². The van der Waals surface area contributed by atoms with Crippen molar-refractivity contribution in [3.63, 3.8) is 0 Å². The Hall–Kier alpha value is -3.19. The van der Waals surface area contributed by atoms with Crippen molar-refractivity contribution in [2.24, 2.45) is 5.92 Å². The van der Waals surface area contributed by atoms with E-state index >= 15 is 4.39 Å². The molecule has 1 saturated carbocycles. The van der Waals surface area contributed by atoms with Crippen molar-refractivity contribution < 1.29 is 31.4 Å². The second kappa shape index (κ2) is 9.91. The summed E-state index contributed by atoms with van der Waals surface area (Å²) in [7, 11) is 1.82. The van der Waals surface area contributed by atoms with E-state index in [4.69, 9.17) is 26.8 Å². The van der Waals surface area contributed by atoms with E-state index in [0.717, 1.165) is 38.3 Å². The zero-order valence-electron chi connectivity index (χ0n) is 23.6. The molecule has 7 rings (SSSR count). The van der Waals surface area contributed by atoms with Crippen LogP contribution in [0.5, 0.6) is 11.8 Å². The molecule has 2 saturated heterocycles. The zero-order chi connectivity index (χ0) is 30.4. The molecule has 3 aromatic rings. The first-order valence-electron chi connectivity index (χ1n) is 14.3. The van der Waals surface area contributed by atoms with E-state index in [1.54, 1.807) is 0 Å². The Morgan fingerprint density at radius 3 is 2.74 bits per heavy atom. The molecular formula is C29H30ClF5N6O2. The van der Waals surface area contributed by atoms with Crippen molar-refractivity contribution in [1.82, 2.24) is 19.9 Å². The first-order valence-corrected chi connectivity index (χ1v) is 14.7. The molecule has 1 aliphatic carbocycles. The zero-order valence-corrected chi connectivity index (χ0v) is 24.3. The van der Waals surface area contributed by atoms with E-state index in [9.17, 15) is 17.6 Å². The third-order valence-electron chi connectivity index (χ3n) is 9.58. The van der Waals surface area contributed by atoms with Gasteiger partial charge in [0.25, 0.3) is 0 Å². The molecule has 2 N–H and O–H groups in total. The number of nitrogen functional groups attached to an aromatic ring is 1. The summed E-state index contributed by atoms with van der Waals surface area (Å²) in [5.74, 6) is -1.000. The predicted octanol–water partition coefficient (Wildman–Crippen LogP) is 5.96. The minimum atomic E-state index is -4.89. The van der Waals surface area contributed by atoms with Crippen LogP contribution in [0.4, 0.5) is 33.6 Å². The fourth-order valence-corrected chi connectivity index (χ4v) is 7.71. The van der Waals surface area contributed by atoms with Gasteiger partial charge in [-0.1, -0.05) is 11.6 Å². The number of alkyl halides is 4. The summed E-state index contributed by atoms with van der Waals surface area (Å²) in [6.07, 6.45) is -2.19. The Kier molecular flexibility index (Phi) is 6.59. The topological polar surface area (TPSA) is 89.6 Å². The van der Waals surface area contributed by atoms with Crippen LogP contribution in [-0.2, 0) is 6.18 Å². The molecular weight excluding hydrogens is 595 g/mol. The molecule has 1 aromatic carbocycles. The van der Waals surface area contributed by atoms with Gasteiger partial charge >= 0.3 is 12.2 Å². The molecule has 2 unspecified atom stereocenters. The summed E-state index contributed by atoms with van der Waals surface area (Å²) >= 11 is 6.74. The van der Waals surface area contributed by atoms with Crippen LogP contribution in [-0.4, -0.2) is 71.0 Å². The Morgan fingerprint density at radius 2 is 2.02 bits per heavy atom. The van der Waals surface area contributed by atoms with Gasteiger partial charge < -0.3 is 20.1 Å². The number of ether oxygens (including phenoxy) is 2. The summed E-state index contributed by atoms with van der Waals surface area (Å²) < 4.78 is 86.3. The van der Waals surface area contributed by atoms with Crippen LogP contribution in [0.15, 0.2) is 6.07 Å². The lowest BCUT2D eigenvalue weighted by molar-refractivity contribution is -0.137. The van der Waals surface area contributed by atoms with Crippen molar-refractivity contribution in [3.8, 4) is 23.0 Å². The summed E-state index contributed by atoms with van der Waals surface area (Å²) in [5, 5.41) is -0.246. The fraction of sp³-hybridized carbons (Fsp3) is 0.552. The van der Waals surface area contributed by atoms with E-state index < -0.39 is 40.5 Å². The molecule has 4 atom stereocenters. The number of aromatic nitrogens is 3. The van der Waals surface area contributed by atoms with Gasteiger partial charge in [0.05, 0.1) is 39.4 Å². The maximum atomic E-state index is 16.7. The largest absolute Gasteiger partial charge is 0.491 e. The van der Waals surface area contributed by atoms with E-state index in [-0.39, 0.29) is 64.2 Å². The summed E-state index contributed by atoms with van der Waals surface area (Å²) in [6.45, 7) is 2.62. The van der Waals surface area contributed by atoms with Gasteiger partial charge in [0.1, 0.15) is 29.9 Å². The number of hydrogen-bond donors (Lipinski definition) is 1. The summed E-state index contributed by atoms with van der Waals surface area (Å²) in [5.41, 5.74) is 2.25. The van der Waals surface area contributed by atoms with Crippen molar-refractivity contribution >= 4 is 34.1 Å². The maximum absolute atomic E-state index is 16.7. The van der Waals surface area contributed by atoms with Gasteiger partial charge in [-0.2, -0.15) is 23.1 Å². The lowest BCUT2D eigenvalue weighted by atomic mass is 9.79. The third-order valence-corrected chi connectivity index (χ3v) is 9.94. The smallest absolute Gasteiger partial charge is 0.418 e. The van der Waals surface area contributed by atoms with E-state index in [2.05, 4.69) is 19.9 Å². The van der Waals surface area contributed by atoms with Gasteiger partial charge in [-0.25, -0.2) is 13.8 Å². The highest BCUT2D eigenvalue weighted by atomic mass is 35.5. The number of hydrogen-bond acceptors (Lipinski definition) is 8. The van der Waals surface area contributed by atoms with Crippen LogP contribution < -0.4 is 20.1 Å². The molecule has 3 fully saturated rings. The molecule has 5 heterocycles. The second-order valence-corrected chi connectivity index (χ2v) is 12.5. The molecule has 0 bridgehead atoms. The van der Waals surface area contributed by atoms with Gasteiger partial charge in [0, 0.05) is 32.0 Å². The monoisotopic (exact) mass is 624 g/mol.